The number of fused-ring (bicyclic) bond motifs is 1. The highest BCUT2D eigenvalue weighted by atomic mass is 16.6. The highest BCUT2D eigenvalue weighted by Gasteiger charge is 2.22. The molecular weight excluding hydrogens is 334 g/mol. The van der Waals surface area contributed by atoms with E-state index in [9.17, 15) is 9.59 Å². The minimum atomic E-state index is -0.220. The van der Waals surface area contributed by atoms with E-state index < -0.39 is 0 Å². The first-order chi connectivity index (χ1) is 12.4. The zero-order chi connectivity index (χ0) is 18.8. The third kappa shape index (κ3) is 3.61. The minimum absolute atomic E-state index is 0.0404. The minimum Gasteiger partial charge on any atom is -0.486 e. The Morgan fingerprint density at radius 2 is 1.92 bits per heavy atom. The molecule has 0 aliphatic carbocycles. The van der Waals surface area contributed by atoms with Gasteiger partial charge in [-0.25, -0.2) is 4.68 Å². The van der Waals surface area contributed by atoms with Gasteiger partial charge in [0.15, 0.2) is 11.5 Å². The molecular formula is C19H25N3O4. The number of aromatic nitrogens is 2. The number of benzene rings is 1. The summed E-state index contributed by atoms with van der Waals surface area (Å²) in [7, 11) is 0. The van der Waals surface area contributed by atoms with Crippen LogP contribution in [0.25, 0.3) is 0 Å². The van der Waals surface area contributed by atoms with Crippen molar-refractivity contribution in [3.05, 3.63) is 45.4 Å². The highest BCUT2D eigenvalue weighted by Crippen LogP contribution is 2.34. The van der Waals surface area contributed by atoms with Crippen LogP contribution in [0.5, 0.6) is 11.5 Å². The van der Waals surface area contributed by atoms with Crippen molar-refractivity contribution in [1.29, 1.82) is 0 Å². The van der Waals surface area contributed by atoms with E-state index in [1.807, 2.05) is 39.0 Å². The van der Waals surface area contributed by atoms with Crippen LogP contribution < -0.4 is 20.3 Å². The number of nitrogens with zero attached hydrogens (tertiary/aromatic N) is 1. The van der Waals surface area contributed by atoms with Crippen molar-refractivity contribution < 1.29 is 14.3 Å². The van der Waals surface area contributed by atoms with Crippen molar-refractivity contribution in [2.24, 2.45) is 5.92 Å². The van der Waals surface area contributed by atoms with Gasteiger partial charge in [-0.1, -0.05) is 19.9 Å². The Morgan fingerprint density at radius 1 is 1.23 bits per heavy atom. The van der Waals surface area contributed by atoms with Gasteiger partial charge < -0.3 is 14.8 Å². The number of ether oxygens (including phenoxy) is 2. The molecule has 26 heavy (non-hydrogen) atoms. The first-order valence-corrected chi connectivity index (χ1v) is 8.81. The van der Waals surface area contributed by atoms with Crippen LogP contribution in [0.15, 0.2) is 23.0 Å². The molecule has 0 saturated heterocycles. The molecule has 7 heteroatoms. The molecule has 0 fully saturated rings. The molecule has 1 amide bonds. The van der Waals surface area contributed by atoms with E-state index in [4.69, 9.17) is 9.47 Å². The van der Waals surface area contributed by atoms with E-state index in [2.05, 4.69) is 10.4 Å². The summed E-state index contributed by atoms with van der Waals surface area (Å²) in [5, 5.41) is 5.96. The second-order valence-electron chi connectivity index (χ2n) is 6.95. The lowest BCUT2D eigenvalue weighted by atomic mass is 9.95. The number of carbonyl (C=O) groups is 1. The van der Waals surface area contributed by atoms with Crippen LogP contribution in [0, 0.1) is 19.8 Å². The maximum Gasteiger partial charge on any atom is 0.270 e. The van der Waals surface area contributed by atoms with Gasteiger partial charge in [0.2, 0.25) is 5.91 Å². The van der Waals surface area contributed by atoms with E-state index >= 15 is 0 Å². The lowest BCUT2D eigenvalue weighted by molar-refractivity contribution is -0.123. The van der Waals surface area contributed by atoms with Crippen molar-refractivity contribution in [3.63, 3.8) is 0 Å². The molecule has 1 aromatic carbocycles. The third-order valence-corrected chi connectivity index (χ3v) is 4.64. The van der Waals surface area contributed by atoms with Gasteiger partial charge in [0, 0.05) is 11.3 Å². The predicted molar refractivity (Wildman–Crippen MR) is 97.7 cm³/mol. The predicted octanol–water partition coefficient (Wildman–Crippen LogP) is 2.08. The smallest absolute Gasteiger partial charge is 0.270 e. The summed E-state index contributed by atoms with van der Waals surface area (Å²) in [4.78, 5) is 24.6. The van der Waals surface area contributed by atoms with Gasteiger partial charge in [-0.3, -0.25) is 14.7 Å². The standard InChI is InChI=1S/C19H25N3O4/c1-11(2)18(14-5-6-15-16(9-14)26-8-7-25-15)20-17(23)10-22-19(24)12(3)13(4)21-22/h5-6,9,11,18,21H,7-8,10H2,1-4H3,(H,20,23)/t18-/m1/s1. The van der Waals surface area contributed by atoms with Crippen molar-refractivity contribution in [2.45, 2.75) is 40.3 Å². The number of hydrogen-bond donors (Lipinski definition) is 2. The Morgan fingerprint density at radius 3 is 2.54 bits per heavy atom. The quantitative estimate of drug-likeness (QED) is 0.856. The van der Waals surface area contributed by atoms with E-state index in [-0.39, 0.29) is 30.0 Å². The molecule has 0 radical (unpaired) electrons. The lowest BCUT2D eigenvalue weighted by Gasteiger charge is -2.25. The van der Waals surface area contributed by atoms with Gasteiger partial charge in [0.1, 0.15) is 19.8 Å². The molecule has 0 spiro atoms. The van der Waals surface area contributed by atoms with Crippen LogP contribution in [-0.2, 0) is 11.3 Å². The van der Waals surface area contributed by atoms with Crippen molar-refractivity contribution >= 4 is 5.91 Å². The fourth-order valence-electron chi connectivity index (χ4n) is 3.06. The molecule has 1 aromatic heterocycles. The molecule has 0 unspecified atom stereocenters. The van der Waals surface area contributed by atoms with Crippen LogP contribution in [0.4, 0.5) is 0 Å². The summed E-state index contributed by atoms with van der Waals surface area (Å²) in [5.74, 6) is 1.37. The van der Waals surface area contributed by atoms with Crippen LogP contribution in [0.1, 0.15) is 36.7 Å². The summed E-state index contributed by atoms with van der Waals surface area (Å²) in [6, 6.07) is 5.53. The van der Waals surface area contributed by atoms with Crippen molar-refractivity contribution in [2.75, 3.05) is 13.2 Å². The molecule has 1 aliphatic heterocycles. The molecule has 1 atom stereocenters. The van der Waals surface area contributed by atoms with E-state index in [0.717, 1.165) is 17.0 Å². The molecule has 0 saturated carbocycles. The van der Waals surface area contributed by atoms with Gasteiger partial charge in [-0.15, -0.1) is 0 Å². The largest absolute Gasteiger partial charge is 0.486 e. The zero-order valence-corrected chi connectivity index (χ0v) is 15.6. The van der Waals surface area contributed by atoms with E-state index in [1.54, 1.807) is 6.92 Å². The summed E-state index contributed by atoms with van der Waals surface area (Å²) in [5.41, 5.74) is 2.18. The zero-order valence-electron chi connectivity index (χ0n) is 15.6. The first-order valence-electron chi connectivity index (χ1n) is 8.81. The molecule has 0 bridgehead atoms. The summed E-state index contributed by atoms with van der Waals surface area (Å²) in [6.07, 6.45) is 0. The van der Waals surface area contributed by atoms with Gasteiger partial charge in [0.25, 0.3) is 5.56 Å². The second kappa shape index (κ2) is 7.27. The maximum absolute atomic E-state index is 12.5. The Labute approximate surface area is 152 Å². The van der Waals surface area contributed by atoms with E-state index in [1.165, 1.54) is 4.68 Å². The Balaban J connectivity index is 1.77. The maximum atomic E-state index is 12.5. The SMILES string of the molecule is Cc1[nH]n(CC(=O)N[C@@H](c2ccc3c(c2)OCCO3)C(C)C)c(=O)c1C. The van der Waals surface area contributed by atoms with Crippen LogP contribution in [0.2, 0.25) is 0 Å². The molecule has 3 rings (SSSR count). The van der Waals surface area contributed by atoms with Gasteiger partial charge >= 0.3 is 0 Å². The molecule has 2 heterocycles. The number of nitrogens with one attached hydrogen (secondary N) is 2. The summed E-state index contributed by atoms with van der Waals surface area (Å²) >= 11 is 0. The molecule has 140 valence electrons. The van der Waals surface area contributed by atoms with Gasteiger partial charge in [0.05, 0.1) is 6.04 Å². The summed E-state index contributed by atoms with van der Waals surface area (Å²) < 4.78 is 12.5. The second-order valence-corrected chi connectivity index (χ2v) is 6.95. The number of rotatable bonds is 5. The molecule has 2 aromatic rings. The Bertz CT molecular complexity index is 866. The lowest BCUT2D eigenvalue weighted by Crippen LogP contribution is -2.36. The number of aryl methyl sites for hydroxylation is 1. The first kappa shape index (κ1) is 18.1. The Hall–Kier alpha value is -2.70. The van der Waals surface area contributed by atoms with Crippen LogP contribution in [0.3, 0.4) is 0 Å². The molecule has 2 N–H and O–H groups in total. The fourth-order valence-corrected chi connectivity index (χ4v) is 3.06. The third-order valence-electron chi connectivity index (χ3n) is 4.64. The number of aromatic amines is 1. The van der Waals surface area contributed by atoms with Crippen LogP contribution >= 0.6 is 0 Å². The fraction of sp³-hybridized carbons (Fsp3) is 0.474. The number of carbonyl (C=O) groups excluding carboxylic acids is 1. The van der Waals surface area contributed by atoms with Gasteiger partial charge in [-0.2, -0.15) is 0 Å². The number of amides is 1. The average molecular weight is 359 g/mol. The van der Waals surface area contributed by atoms with Crippen molar-refractivity contribution in [1.82, 2.24) is 15.1 Å². The average Bonchev–Trinajstić information content (AvgIpc) is 2.86. The summed E-state index contributed by atoms with van der Waals surface area (Å²) in [6.45, 7) is 8.66. The van der Waals surface area contributed by atoms with Crippen LogP contribution in [-0.4, -0.2) is 28.9 Å². The highest BCUT2D eigenvalue weighted by molar-refractivity contribution is 5.76. The monoisotopic (exact) mass is 359 g/mol. The normalized spacial score (nSPS) is 14.3. The topological polar surface area (TPSA) is 85.3 Å². The molecule has 1 aliphatic rings. The number of H-pyrrole nitrogens is 1. The number of hydrogen-bond acceptors (Lipinski definition) is 4. The molecule has 7 nitrogen and oxygen atoms in total. The Kier molecular flexibility index (Phi) is 5.06. The van der Waals surface area contributed by atoms with E-state index in [0.29, 0.717) is 24.5 Å². The van der Waals surface area contributed by atoms with Crippen molar-refractivity contribution in [3.8, 4) is 11.5 Å². The van der Waals surface area contributed by atoms with Gasteiger partial charge in [-0.05, 0) is 37.5 Å².